The Labute approximate surface area is 90.8 Å². The summed E-state index contributed by atoms with van der Waals surface area (Å²) in [5.74, 6) is -0.0856. The van der Waals surface area contributed by atoms with E-state index in [1.54, 1.807) is 12.1 Å². The third-order valence-electron chi connectivity index (χ3n) is 2.73. The lowest BCUT2D eigenvalue weighted by molar-refractivity contribution is -0.117. The molecule has 0 radical (unpaired) electrons. The highest BCUT2D eigenvalue weighted by atomic mass is 19.1. The van der Waals surface area contributed by atoms with Gasteiger partial charge in [-0.15, -0.1) is 0 Å². The quantitative estimate of drug-likeness (QED) is 0.812. The summed E-state index contributed by atoms with van der Waals surface area (Å²) in [7, 11) is 0. The van der Waals surface area contributed by atoms with Gasteiger partial charge in [-0.3, -0.25) is 9.89 Å². The van der Waals surface area contributed by atoms with Crippen LogP contribution in [0.4, 0.5) is 10.2 Å². The third-order valence-corrected chi connectivity index (χ3v) is 2.73. The van der Waals surface area contributed by atoms with Crippen molar-refractivity contribution in [3.63, 3.8) is 0 Å². The number of nitrogens with one attached hydrogen (secondary N) is 2. The maximum Gasteiger partial charge on any atom is 0.228 e. The number of amides is 1. The number of carbonyl (C=O) groups excluding carboxylic acids is 1. The maximum atomic E-state index is 13.5. The zero-order valence-electron chi connectivity index (χ0n) is 8.46. The number of anilines is 1. The van der Waals surface area contributed by atoms with E-state index in [0.29, 0.717) is 10.9 Å². The van der Waals surface area contributed by atoms with Crippen molar-refractivity contribution in [2.45, 2.75) is 12.8 Å². The van der Waals surface area contributed by atoms with Crippen LogP contribution in [0.5, 0.6) is 0 Å². The van der Waals surface area contributed by atoms with Crippen molar-refractivity contribution in [1.82, 2.24) is 10.2 Å². The van der Waals surface area contributed by atoms with Gasteiger partial charge in [0.05, 0.1) is 10.9 Å². The lowest BCUT2D eigenvalue weighted by Gasteiger charge is -2.00. The van der Waals surface area contributed by atoms with Crippen LogP contribution in [-0.2, 0) is 4.79 Å². The van der Waals surface area contributed by atoms with Gasteiger partial charge in [-0.1, -0.05) is 6.07 Å². The molecule has 2 aromatic rings. The van der Waals surface area contributed by atoms with Gasteiger partial charge in [-0.05, 0) is 25.0 Å². The Bertz CT molecular complexity index is 559. The average Bonchev–Trinajstić information content (AvgIpc) is 3.03. The number of H-pyrrole nitrogens is 1. The molecule has 4 nitrogen and oxygen atoms in total. The van der Waals surface area contributed by atoms with E-state index in [1.807, 2.05) is 0 Å². The second kappa shape index (κ2) is 3.30. The van der Waals surface area contributed by atoms with E-state index in [9.17, 15) is 9.18 Å². The Balaban J connectivity index is 1.99. The highest BCUT2D eigenvalue weighted by molar-refractivity contribution is 6.01. The molecule has 5 heteroatoms. The van der Waals surface area contributed by atoms with Gasteiger partial charge in [0.1, 0.15) is 5.82 Å². The first-order chi connectivity index (χ1) is 7.75. The Hall–Kier alpha value is -1.91. The molecule has 1 fully saturated rings. The summed E-state index contributed by atoms with van der Waals surface area (Å²) < 4.78 is 13.5. The molecule has 0 aliphatic heterocycles. The topological polar surface area (TPSA) is 57.8 Å². The molecule has 0 atom stereocenters. The predicted octanol–water partition coefficient (Wildman–Crippen LogP) is 2.05. The van der Waals surface area contributed by atoms with Crippen molar-refractivity contribution in [2.24, 2.45) is 5.92 Å². The predicted molar refractivity (Wildman–Crippen MR) is 57.4 cm³/mol. The van der Waals surface area contributed by atoms with E-state index in [0.717, 1.165) is 12.8 Å². The van der Waals surface area contributed by atoms with Crippen LogP contribution in [0.1, 0.15) is 12.8 Å². The highest BCUT2D eigenvalue weighted by Gasteiger charge is 2.30. The number of aromatic amines is 1. The van der Waals surface area contributed by atoms with Crippen LogP contribution in [0.15, 0.2) is 18.2 Å². The van der Waals surface area contributed by atoms with Gasteiger partial charge in [-0.25, -0.2) is 4.39 Å². The first-order valence-corrected chi connectivity index (χ1v) is 5.19. The molecular formula is C11H10FN3O. The molecule has 82 valence electrons. The van der Waals surface area contributed by atoms with Gasteiger partial charge in [0.2, 0.25) is 5.91 Å². The summed E-state index contributed by atoms with van der Waals surface area (Å²) in [5.41, 5.74) is 0.589. The first-order valence-electron chi connectivity index (χ1n) is 5.19. The molecule has 1 aromatic carbocycles. The number of nitrogens with zero attached hydrogens (tertiary/aromatic N) is 1. The molecule has 1 saturated carbocycles. The van der Waals surface area contributed by atoms with Crippen molar-refractivity contribution in [3.05, 3.63) is 24.0 Å². The number of halogens is 1. The lowest BCUT2D eigenvalue weighted by Crippen LogP contribution is -2.13. The molecule has 16 heavy (non-hydrogen) atoms. The fourth-order valence-electron chi connectivity index (χ4n) is 1.68. The molecule has 0 unspecified atom stereocenters. The Morgan fingerprint density at radius 1 is 1.50 bits per heavy atom. The third kappa shape index (κ3) is 1.44. The molecule has 0 spiro atoms. The van der Waals surface area contributed by atoms with Crippen molar-refractivity contribution >= 4 is 22.6 Å². The number of carbonyl (C=O) groups is 1. The monoisotopic (exact) mass is 219 g/mol. The van der Waals surface area contributed by atoms with Crippen LogP contribution in [-0.4, -0.2) is 16.1 Å². The highest BCUT2D eigenvalue weighted by Crippen LogP contribution is 2.31. The number of aromatic nitrogens is 2. The van der Waals surface area contributed by atoms with E-state index in [4.69, 9.17) is 0 Å². The number of hydrogen-bond acceptors (Lipinski definition) is 2. The van der Waals surface area contributed by atoms with Crippen LogP contribution in [0.25, 0.3) is 10.9 Å². The molecule has 1 aliphatic rings. The van der Waals surface area contributed by atoms with Gasteiger partial charge >= 0.3 is 0 Å². The largest absolute Gasteiger partial charge is 0.308 e. The smallest absolute Gasteiger partial charge is 0.228 e. The fraction of sp³-hybridized carbons (Fsp3) is 0.273. The van der Waals surface area contributed by atoms with E-state index in [2.05, 4.69) is 15.5 Å². The fourth-order valence-corrected chi connectivity index (χ4v) is 1.68. The average molecular weight is 219 g/mol. The van der Waals surface area contributed by atoms with Crippen LogP contribution in [0.3, 0.4) is 0 Å². The van der Waals surface area contributed by atoms with Crippen LogP contribution >= 0.6 is 0 Å². The summed E-state index contributed by atoms with van der Waals surface area (Å²) >= 11 is 0. The summed E-state index contributed by atoms with van der Waals surface area (Å²) in [6, 6.07) is 4.67. The molecule has 1 amide bonds. The molecular weight excluding hydrogens is 209 g/mol. The number of benzene rings is 1. The lowest BCUT2D eigenvalue weighted by atomic mass is 10.2. The molecule has 1 heterocycles. The van der Waals surface area contributed by atoms with Crippen molar-refractivity contribution in [2.75, 3.05) is 5.32 Å². The first kappa shape index (κ1) is 9.33. The van der Waals surface area contributed by atoms with Gasteiger partial charge in [0, 0.05) is 5.92 Å². The molecule has 0 saturated heterocycles. The van der Waals surface area contributed by atoms with Crippen molar-refractivity contribution < 1.29 is 9.18 Å². The molecule has 2 N–H and O–H groups in total. The second-order valence-corrected chi connectivity index (χ2v) is 4.00. The van der Waals surface area contributed by atoms with Crippen molar-refractivity contribution in [1.29, 1.82) is 0 Å². The van der Waals surface area contributed by atoms with Crippen LogP contribution in [0.2, 0.25) is 0 Å². The summed E-state index contributed by atoms with van der Waals surface area (Å²) in [6.45, 7) is 0. The second-order valence-electron chi connectivity index (χ2n) is 4.00. The molecule has 3 rings (SSSR count). The van der Waals surface area contributed by atoms with Gasteiger partial charge in [0.25, 0.3) is 0 Å². The van der Waals surface area contributed by atoms with E-state index < -0.39 is 0 Å². The van der Waals surface area contributed by atoms with Crippen LogP contribution in [0, 0.1) is 11.7 Å². The Morgan fingerprint density at radius 3 is 3.06 bits per heavy atom. The Morgan fingerprint density at radius 2 is 2.31 bits per heavy atom. The maximum absolute atomic E-state index is 13.5. The minimum atomic E-state index is -0.377. The molecule has 1 aliphatic carbocycles. The normalized spacial score (nSPS) is 15.3. The molecule has 1 aromatic heterocycles. The Kier molecular flexibility index (Phi) is 1.92. The minimum absolute atomic E-state index is 0.0725. The number of hydrogen-bond donors (Lipinski definition) is 2. The van der Waals surface area contributed by atoms with Gasteiger partial charge < -0.3 is 5.32 Å². The zero-order valence-corrected chi connectivity index (χ0v) is 8.46. The number of rotatable bonds is 2. The van der Waals surface area contributed by atoms with E-state index >= 15 is 0 Å². The van der Waals surface area contributed by atoms with E-state index in [1.165, 1.54) is 6.07 Å². The summed E-state index contributed by atoms with van der Waals surface area (Å²) in [6.07, 6.45) is 1.83. The zero-order chi connectivity index (χ0) is 11.1. The van der Waals surface area contributed by atoms with Crippen molar-refractivity contribution in [3.8, 4) is 0 Å². The SMILES string of the molecule is O=C(Nc1n[nH]c2cccc(F)c12)C1CC1. The van der Waals surface area contributed by atoms with Crippen LogP contribution < -0.4 is 5.32 Å². The number of fused-ring (bicyclic) bond motifs is 1. The van der Waals surface area contributed by atoms with E-state index in [-0.39, 0.29) is 23.5 Å². The van der Waals surface area contributed by atoms with Gasteiger partial charge in [0.15, 0.2) is 5.82 Å². The molecule has 0 bridgehead atoms. The summed E-state index contributed by atoms with van der Waals surface area (Å²) in [5, 5.41) is 9.59. The standard InChI is InChI=1S/C11H10FN3O/c12-7-2-1-3-8-9(7)10(15-14-8)13-11(16)6-4-5-6/h1-3,6H,4-5H2,(H2,13,14,15,16). The minimum Gasteiger partial charge on any atom is -0.308 e. The van der Waals surface area contributed by atoms with Gasteiger partial charge in [-0.2, -0.15) is 5.10 Å². The summed E-state index contributed by atoms with van der Waals surface area (Å²) in [4.78, 5) is 11.5.